The Balaban J connectivity index is 1.48. The van der Waals surface area contributed by atoms with Crippen LogP contribution < -0.4 is 14.8 Å². The maximum absolute atomic E-state index is 12.0. The van der Waals surface area contributed by atoms with E-state index >= 15 is 0 Å². The lowest BCUT2D eigenvalue weighted by molar-refractivity contribution is -0.123. The summed E-state index contributed by atoms with van der Waals surface area (Å²) in [4.78, 5) is 17.8. The molecule has 5 nitrogen and oxygen atoms in total. The highest BCUT2D eigenvalue weighted by molar-refractivity contribution is 7.15. The molecule has 0 aliphatic heterocycles. The molecule has 3 rings (SSSR count). The second-order valence-corrected chi connectivity index (χ2v) is 7.62. The van der Waals surface area contributed by atoms with Gasteiger partial charge in [-0.1, -0.05) is 29.8 Å². The van der Waals surface area contributed by atoms with Gasteiger partial charge in [-0.05, 0) is 31.2 Å². The number of amides is 1. The van der Waals surface area contributed by atoms with Crippen LogP contribution in [0.1, 0.15) is 10.6 Å². The first-order valence-corrected chi connectivity index (χ1v) is 10.0. The molecular formula is C21H21ClN2O3S. The number of nitrogens with one attached hydrogen (secondary N) is 1. The topological polar surface area (TPSA) is 60.5 Å². The maximum Gasteiger partial charge on any atom is 0.257 e. The molecule has 28 heavy (non-hydrogen) atoms. The molecule has 146 valence electrons. The molecule has 0 bridgehead atoms. The number of hydrogen-bond donors (Lipinski definition) is 1. The first-order valence-electron chi connectivity index (χ1n) is 8.81. The van der Waals surface area contributed by atoms with Gasteiger partial charge >= 0.3 is 0 Å². The van der Waals surface area contributed by atoms with Crippen molar-refractivity contribution in [3.8, 4) is 22.1 Å². The summed E-state index contributed by atoms with van der Waals surface area (Å²) < 4.78 is 10.6. The third-order valence-electron chi connectivity index (χ3n) is 4.07. The van der Waals surface area contributed by atoms with E-state index in [9.17, 15) is 4.79 Å². The lowest BCUT2D eigenvalue weighted by atomic mass is 10.2. The Hall–Kier alpha value is -2.57. The van der Waals surface area contributed by atoms with Crippen LogP contribution in [-0.2, 0) is 11.2 Å². The van der Waals surface area contributed by atoms with Crippen LogP contribution >= 0.6 is 22.9 Å². The quantitative estimate of drug-likeness (QED) is 0.586. The van der Waals surface area contributed by atoms with Gasteiger partial charge in [0.1, 0.15) is 16.5 Å². The molecule has 3 aromatic rings. The highest BCUT2D eigenvalue weighted by Gasteiger charge is 2.10. The fraction of sp³-hybridized carbons (Fsp3) is 0.238. The van der Waals surface area contributed by atoms with E-state index < -0.39 is 0 Å². The largest absolute Gasteiger partial charge is 0.497 e. The molecule has 1 amide bonds. The summed E-state index contributed by atoms with van der Waals surface area (Å²) in [5.74, 6) is 1.12. The second-order valence-electron chi connectivity index (χ2n) is 6.10. The van der Waals surface area contributed by atoms with Crippen LogP contribution in [0.5, 0.6) is 11.5 Å². The zero-order chi connectivity index (χ0) is 19.9. The molecule has 0 saturated heterocycles. The van der Waals surface area contributed by atoms with Crippen LogP contribution in [0.25, 0.3) is 10.6 Å². The first-order chi connectivity index (χ1) is 13.5. The highest BCUT2D eigenvalue weighted by Crippen LogP contribution is 2.29. The van der Waals surface area contributed by atoms with Gasteiger partial charge < -0.3 is 14.8 Å². The van der Waals surface area contributed by atoms with Crippen LogP contribution in [0, 0.1) is 6.92 Å². The number of carbonyl (C=O) groups excluding carboxylic acids is 1. The highest BCUT2D eigenvalue weighted by atomic mass is 35.5. The van der Waals surface area contributed by atoms with E-state index in [-0.39, 0.29) is 12.5 Å². The van der Waals surface area contributed by atoms with Crippen molar-refractivity contribution in [2.75, 3.05) is 20.3 Å². The van der Waals surface area contributed by atoms with E-state index in [1.807, 2.05) is 43.3 Å². The van der Waals surface area contributed by atoms with Gasteiger partial charge in [-0.25, -0.2) is 4.98 Å². The fourth-order valence-electron chi connectivity index (χ4n) is 2.58. The third-order valence-corrected chi connectivity index (χ3v) is 5.59. The van der Waals surface area contributed by atoms with Crippen molar-refractivity contribution in [2.45, 2.75) is 13.3 Å². The maximum atomic E-state index is 12.0. The minimum absolute atomic E-state index is 0.0368. The number of benzene rings is 2. The number of methoxy groups -OCH3 is 1. The van der Waals surface area contributed by atoms with Gasteiger partial charge in [0, 0.05) is 34.5 Å². The monoisotopic (exact) mass is 416 g/mol. The molecule has 0 radical (unpaired) electrons. The van der Waals surface area contributed by atoms with Crippen LogP contribution in [0.3, 0.4) is 0 Å². The van der Waals surface area contributed by atoms with Gasteiger partial charge in [-0.15, -0.1) is 11.3 Å². The van der Waals surface area contributed by atoms with Crippen molar-refractivity contribution in [3.63, 3.8) is 0 Å². The van der Waals surface area contributed by atoms with Crippen LogP contribution in [0.2, 0.25) is 5.02 Å². The molecule has 1 aromatic heterocycles. The molecule has 0 fully saturated rings. The van der Waals surface area contributed by atoms with Gasteiger partial charge in [0.05, 0.1) is 12.8 Å². The van der Waals surface area contributed by atoms with E-state index in [1.54, 1.807) is 30.6 Å². The van der Waals surface area contributed by atoms with Crippen molar-refractivity contribution in [2.24, 2.45) is 0 Å². The molecule has 0 aliphatic rings. The number of aromatic nitrogens is 1. The molecule has 2 aromatic carbocycles. The number of carbonyl (C=O) groups is 1. The number of hydrogen-bond acceptors (Lipinski definition) is 5. The Morgan fingerprint density at radius 1 is 1.18 bits per heavy atom. The molecule has 1 N–H and O–H groups in total. The summed E-state index contributed by atoms with van der Waals surface area (Å²) in [5.41, 5.74) is 2.02. The SMILES string of the molecule is COc1cccc(OCC(=O)NCCc2sc(-c3ccc(Cl)cc3)nc2C)c1. The number of rotatable bonds is 8. The lowest BCUT2D eigenvalue weighted by Gasteiger charge is -2.08. The van der Waals surface area contributed by atoms with Crippen molar-refractivity contribution in [1.82, 2.24) is 10.3 Å². The molecule has 0 aliphatic carbocycles. The Bertz CT molecular complexity index is 941. The molecular weight excluding hydrogens is 396 g/mol. The van der Waals surface area contributed by atoms with E-state index in [4.69, 9.17) is 21.1 Å². The molecule has 7 heteroatoms. The summed E-state index contributed by atoms with van der Waals surface area (Å²) >= 11 is 7.57. The number of thiazole rings is 1. The van der Waals surface area contributed by atoms with Crippen molar-refractivity contribution >= 4 is 28.8 Å². The van der Waals surface area contributed by atoms with Crippen molar-refractivity contribution in [3.05, 3.63) is 64.1 Å². The van der Waals surface area contributed by atoms with Gasteiger partial charge in [-0.2, -0.15) is 0 Å². The average Bonchev–Trinajstić information content (AvgIpc) is 3.07. The van der Waals surface area contributed by atoms with Crippen molar-refractivity contribution in [1.29, 1.82) is 0 Å². The first kappa shape index (κ1) is 20.2. The molecule has 0 atom stereocenters. The minimum Gasteiger partial charge on any atom is -0.497 e. The zero-order valence-corrected chi connectivity index (χ0v) is 17.3. The Morgan fingerprint density at radius 3 is 2.68 bits per heavy atom. The predicted octanol–water partition coefficient (Wildman–Crippen LogP) is 4.52. The van der Waals surface area contributed by atoms with Gasteiger partial charge in [-0.3, -0.25) is 4.79 Å². The normalized spacial score (nSPS) is 10.5. The second kappa shape index (κ2) is 9.57. The van der Waals surface area contributed by atoms with Crippen molar-refractivity contribution < 1.29 is 14.3 Å². The molecule has 0 saturated carbocycles. The summed E-state index contributed by atoms with van der Waals surface area (Å²) in [7, 11) is 1.59. The van der Waals surface area contributed by atoms with Crippen LogP contribution in [-0.4, -0.2) is 31.2 Å². The van der Waals surface area contributed by atoms with Gasteiger partial charge in [0.25, 0.3) is 5.91 Å². The summed E-state index contributed by atoms with van der Waals surface area (Å²) in [5, 5.41) is 4.54. The molecule has 0 spiro atoms. The summed E-state index contributed by atoms with van der Waals surface area (Å²) in [6.07, 6.45) is 0.724. The Morgan fingerprint density at radius 2 is 1.93 bits per heavy atom. The average molecular weight is 417 g/mol. The summed E-state index contributed by atoms with van der Waals surface area (Å²) in [6.45, 7) is 2.48. The number of halogens is 1. The third kappa shape index (κ3) is 5.47. The molecule has 0 unspecified atom stereocenters. The lowest BCUT2D eigenvalue weighted by Crippen LogP contribution is -2.30. The fourth-order valence-corrected chi connectivity index (χ4v) is 3.78. The smallest absolute Gasteiger partial charge is 0.257 e. The van der Waals surface area contributed by atoms with E-state index in [0.29, 0.717) is 23.1 Å². The van der Waals surface area contributed by atoms with Gasteiger partial charge in [0.2, 0.25) is 0 Å². The predicted molar refractivity (Wildman–Crippen MR) is 112 cm³/mol. The van der Waals surface area contributed by atoms with E-state index in [0.717, 1.165) is 27.6 Å². The minimum atomic E-state index is -0.164. The van der Waals surface area contributed by atoms with Gasteiger partial charge in [0.15, 0.2) is 6.61 Å². The molecule has 1 heterocycles. The van der Waals surface area contributed by atoms with E-state index in [1.165, 1.54) is 0 Å². The number of nitrogens with zero attached hydrogens (tertiary/aromatic N) is 1. The number of aryl methyl sites for hydroxylation is 1. The Labute approximate surface area is 173 Å². The Kier molecular flexibility index (Phi) is 6.90. The van der Waals surface area contributed by atoms with Crippen LogP contribution in [0.4, 0.5) is 0 Å². The number of ether oxygens (including phenoxy) is 2. The standard InChI is InChI=1S/C21H21ClN2O3S/c1-14-19(28-21(24-14)15-6-8-16(22)9-7-15)10-11-23-20(25)13-27-18-5-3-4-17(12-18)26-2/h3-9,12H,10-11,13H2,1-2H3,(H,23,25). The van der Waals surface area contributed by atoms with Crippen LogP contribution in [0.15, 0.2) is 48.5 Å². The van der Waals surface area contributed by atoms with E-state index in [2.05, 4.69) is 10.3 Å². The summed E-state index contributed by atoms with van der Waals surface area (Å²) in [6, 6.07) is 14.8. The zero-order valence-electron chi connectivity index (χ0n) is 15.7.